The largest absolute Gasteiger partial charge is 0.497 e. The third-order valence-electron chi connectivity index (χ3n) is 4.08. The summed E-state index contributed by atoms with van der Waals surface area (Å²) in [7, 11) is 3.03. The van der Waals surface area contributed by atoms with Gasteiger partial charge in [-0.1, -0.05) is 13.0 Å². The molecule has 1 heterocycles. The Balaban J connectivity index is 1.94. The Morgan fingerprint density at radius 2 is 1.88 bits per heavy atom. The van der Waals surface area contributed by atoms with E-state index in [1.54, 1.807) is 37.4 Å². The summed E-state index contributed by atoms with van der Waals surface area (Å²) in [6.45, 7) is 2.01. The molecule has 26 heavy (non-hydrogen) atoms. The van der Waals surface area contributed by atoms with Gasteiger partial charge in [0.2, 0.25) is 0 Å². The highest BCUT2D eigenvalue weighted by Crippen LogP contribution is 2.29. The standard InChI is InChI=1S/C20H19NO5/c1-4-12-5-8-17-14(9-12)16(22)11-19(26-17)20(23)21-15-7-6-13(24-2)10-18(15)25-3/h5-11H,4H2,1-3H3,(H,21,23). The minimum Gasteiger partial charge on any atom is -0.497 e. The lowest BCUT2D eigenvalue weighted by atomic mass is 10.1. The van der Waals surface area contributed by atoms with Gasteiger partial charge in [0.1, 0.15) is 17.1 Å². The van der Waals surface area contributed by atoms with Gasteiger partial charge in [-0.25, -0.2) is 0 Å². The van der Waals surface area contributed by atoms with Crippen molar-refractivity contribution in [3.05, 3.63) is 64.0 Å². The molecule has 0 unspecified atom stereocenters. The summed E-state index contributed by atoms with van der Waals surface area (Å²) in [5.74, 6) is 0.439. The highest BCUT2D eigenvalue weighted by atomic mass is 16.5. The Labute approximate surface area is 150 Å². The lowest BCUT2D eigenvalue weighted by molar-refractivity contribution is 0.0997. The van der Waals surface area contributed by atoms with Crippen molar-refractivity contribution in [3.63, 3.8) is 0 Å². The maximum absolute atomic E-state index is 12.5. The summed E-state index contributed by atoms with van der Waals surface area (Å²) in [6.07, 6.45) is 0.814. The Bertz CT molecular complexity index is 1020. The van der Waals surface area contributed by atoms with Crippen molar-refractivity contribution in [1.82, 2.24) is 0 Å². The van der Waals surface area contributed by atoms with Crippen LogP contribution < -0.4 is 20.2 Å². The van der Waals surface area contributed by atoms with Gasteiger partial charge in [-0.15, -0.1) is 0 Å². The van der Waals surface area contributed by atoms with Crippen molar-refractivity contribution < 1.29 is 18.7 Å². The first-order valence-corrected chi connectivity index (χ1v) is 8.16. The molecule has 0 aliphatic rings. The number of carbonyl (C=O) groups is 1. The highest BCUT2D eigenvalue weighted by molar-refractivity contribution is 6.03. The summed E-state index contributed by atoms with van der Waals surface area (Å²) >= 11 is 0. The SMILES string of the molecule is CCc1ccc2oc(C(=O)Nc3ccc(OC)cc3OC)cc(=O)c2c1. The Morgan fingerprint density at radius 3 is 2.58 bits per heavy atom. The molecule has 0 atom stereocenters. The molecule has 1 amide bonds. The lowest BCUT2D eigenvalue weighted by Gasteiger charge is -2.11. The normalized spacial score (nSPS) is 10.6. The number of amides is 1. The molecule has 0 saturated heterocycles. The molecule has 0 aliphatic carbocycles. The number of nitrogens with one attached hydrogen (secondary N) is 1. The van der Waals surface area contributed by atoms with Crippen LogP contribution in [0.1, 0.15) is 23.0 Å². The van der Waals surface area contributed by atoms with Gasteiger partial charge in [0.25, 0.3) is 5.91 Å². The van der Waals surface area contributed by atoms with Crippen LogP contribution in [0.3, 0.4) is 0 Å². The van der Waals surface area contributed by atoms with Gasteiger partial charge < -0.3 is 19.2 Å². The molecule has 3 rings (SSSR count). The molecule has 134 valence electrons. The van der Waals surface area contributed by atoms with E-state index in [0.717, 1.165) is 12.0 Å². The van der Waals surface area contributed by atoms with E-state index >= 15 is 0 Å². The summed E-state index contributed by atoms with van der Waals surface area (Å²) < 4.78 is 16.0. The molecule has 0 fully saturated rings. The minimum absolute atomic E-state index is 0.0652. The van der Waals surface area contributed by atoms with E-state index in [0.29, 0.717) is 28.2 Å². The summed E-state index contributed by atoms with van der Waals surface area (Å²) in [5, 5.41) is 3.15. The number of rotatable bonds is 5. The number of ether oxygens (including phenoxy) is 2. The molecule has 6 heteroatoms. The molecule has 1 aromatic heterocycles. The first-order valence-electron chi connectivity index (χ1n) is 8.16. The van der Waals surface area contributed by atoms with E-state index in [-0.39, 0.29) is 11.2 Å². The topological polar surface area (TPSA) is 77.8 Å². The zero-order valence-electron chi connectivity index (χ0n) is 14.8. The van der Waals surface area contributed by atoms with Crippen LogP contribution >= 0.6 is 0 Å². The fourth-order valence-corrected chi connectivity index (χ4v) is 2.62. The third-order valence-corrected chi connectivity index (χ3v) is 4.08. The molecule has 0 radical (unpaired) electrons. The van der Waals surface area contributed by atoms with Gasteiger partial charge in [0.05, 0.1) is 25.3 Å². The second kappa shape index (κ2) is 7.31. The van der Waals surface area contributed by atoms with Crippen LogP contribution in [-0.4, -0.2) is 20.1 Å². The smallest absolute Gasteiger partial charge is 0.291 e. The fraction of sp³-hybridized carbons (Fsp3) is 0.200. The molecular weight excluding hydrogens is 334 g/mol. The van der Waals surface area contributed by atoms with E-state index in [1.807, 2.05) is 13.0 Å². The molecule has 0 spiro atoms. The van der Waals surface area contributed by atoms with Crippen LogP contribution in [0.15, 0.2) is 51.7 Å². The van der Waals surface area contributed by atoms with Gasteiger partial charge in [-0.05, 0) is 36.2 Å². The monoisotopic (exact) mass is 353 g/mol. The molecular formula is C20H19NO5. The second-order valence-electron chi connectivity index (χ2n) is 5.68. The van der Waals surface area contributed by atoms with E-state index in [4.69, 9.17) is 13.9 Å². The fourth-order valence-electron chi connectivity index (χ4n) is 2.62. The third kappa shape index (κ3) is 3.39. The van der Waals surface area contributed by atoms with Gasteiger partial charge in [0, 0.05) is 12.1 Å². The van der Waals surface area contributed by atoms with Crippen molar-refractivity contribution in [2.75, 3.05) is 19.5 Å². The number of carbonyl (C=O) groups excluding carboxylic acids is 1. The molecule has 2 aromatic carbocycles. The van der Waals surface area contributed by atoms with E-state index in [9.17, 15) is 9.59 Å². The number of hydrogen-bond acceptors (Lipinski definition) is 5. The maximum atomic E-state index is 12.5. The van der Waals surface area contributed by atoms with Crippen LogP contribution in [0.4, 0.5) is 5.69 Å². The van der Waals surface area contributed by atoms with Crippen molar-refractivity contribution in [2.24, 2.45) is 0 Å². The van der Waals surface area contributed by atoms with Crippen LogP contribution in [0.25, 0.3) is 11.0 Å². The molecule has 0 bridgehead atoms. The Hall–Kier alpha value is -3.28. The highest BCUT2D eigenvalue weighted by Gasteiger charge is 2.15. The zero-order valence-corrected chi connectivity index (χ0v) is 14.8. The maximum Gasteiger partial charge on any atom is 0.291 e. The average molecular weight is 353 g/mol. The lowest BCUT2D eigenvalue weighted by Crippen LogP contribution is -2.15. The Morgan fingerprint density at radius 1 is 1.08 bits per heavy atom. The van der Waals surface area contributed by atoms with Crippen LogP contribution in [0.5, 0.6) is 11.5 Å². The van der Waals surface area contributed by atoms with Gasteiger partial charge in [0.15, 0.2) is 11.2 Å². The number of methoxy groups -OCH3 is 2. The van der Waals surface area contributed by atoms with E-state index < -0.39 is 5.91 Å². The van der Waals surface area contributed by atoms with Gasteiger partial charge >= 0.3 is 0 Å². The molecule has 1 N–H and O–H groups in total. The minimum atomic E-state index is -0.535. The number of benzene rings is 2. The van der Waals surface area contributed by atoms with Crippen molar-refractivity contribution in [3.8, 4) is 11.5 Å². The molecule has 0 saturated carbocycles. The number of aryl methyl sites for hydroxylation is 1. The predicted molar refractivity (Wildman–Crippen MR) is 99.4 cm³/mol. The second-order valence-corrected chi connectivity index (χ2v) is 5.68. The predicted octanol–water partition coefficient (Wildman–Crippen LogP) is 3.62. The molecule has 3 aromatic rings. The number of hydrogen-bond donors (Lipinski definition) is 1. The Kier molecular flexibility index (Phi) is 4.93. The van der Waals surface area contributed by atoms with Crippen molar-refractivity contribution in [2.45, 2.75) is 13.3 Å². The van der Waals surface area contributed by atoms with Crippen LogP contribution in [0.2, 0.25) is 0 Å². The van der Waals surface area contributed by atoms with Gasteiger partial charge in [-0.3, -0.25) is 9.59 Å². The van der Waals surface area contributed by atoms with Crippen LogP contribution in [-0.2, 0) is 6.42 Å². The quantitative estimate of drug-likeness (QED) is 0.758. The van der Waals surface area contributed by atoms with Gasteiger partial charge in [-0.2, -0.15) is 0 Å². The average Bonchev–Trinajstić information content (AvgIpc) is 2.67. The molecule has 0 aliphatic heterocycles. The first-order chi connectivity index (χ1) is 12.5. The first kappa shape index (κ1) is 17.5. The van der Waals surface area contributed by atoms with E-state index in [2.05, 4.69) is 5.32 Å². The summed E-state index contributed by atoms with van der Waals surface area (Å²) in [6, 6.07) is 11.6. The van der Waals surface area contributed by atoms with Crippen molar-refractivity contribution >= 4 is 22.6 Å². The molecule has 6 nitrogen and oxygen atoms in total. The summed E-state index contributed by atoms with van der Waals surface area (Å²) in [5.41, 5.74) is 1.60. The van der Waals surface area contributed by atoms with Crippen molar-refractivity contribution in [1.29, 1.82) is 0 Å². The van der Waals surface area contributed by atoms with Crippen LogP contribution in [0, 0.1) is 0 Å². The number of anilines is 1. The zero-order chi connectivity index (χ0) is 18.7. The van der Waals surface area contributed by atoms with E-state index in [1.165, 1.54) is 13.2 Å². The summed E-state index contributed by atoms with van der Waals surface area (Å²) in [4.78, 5) is 24.9. The number of fused-ring (bicyclic) bond motifs is 1.